The van der Waals surface area contributed by atoms with Gasteiger partial charge in [0.1, 0.15) is 18.1 Å². The third kappa shape index (κ3) is 3.62. The van der Waals surface area contributed by atoms with E-state index in [0.29, 0.717) is 25.1 Å². The second kappa shape index (κ2) is 6.91. The standard InChI is InChI=1S/C15H20N6O4/c16-13(23)11-2-1-3-21(11)15(25)10(4-8-6-17-7-18-8)20-14(24)9-5-12(22)19-9/h6-7,9-11H,1-5H2,(H2,16,23)(H,17,18)(H,19,22)(H,20,24)/t9-,10+,11+/m1/s1. The molecule has 2 aliphatic heterocycles. The van der Waals surface area contributed by atoms with Crippen LogP contribution in [0.3, 0.4) is 0 Å². The van der Waals surface area contributed by atoms with Crippen LogP contribution in [0.1, 0.15) is 25.0 Å². The molecule has 10 nitrogen and oxygen atoms in total. The molecule has 2 fully saturated rings. The largest absolute Gasteiger partial charge is 0.368 e. The van der Waals surface area contributed by atoms with Gasteiger partial charge in [-0.2, -0.15) is 0 Å². The Morgan fingerprint density at radius 1 is 1.44 bits per heavy atom. The average Bonchev–Trinajstić information content (AvgIpc) is 3.21. The van der Waals surface area contributed by atoms with Crippen LogP contribution in [0.15, 0.2) is 12.5 Å². The van der Waals surface area contributed by atoms with Gasteiger partial charge in [-0.15, -0.1) is 0 Å². The minimum absolute atomic E-state index is 0.102. The normalized spacial score (nSPS) is 23.5. The minimum atomic E-state index is -0.870. The minimum Gasteiger partial charge on any atom is -0.368 e. The lowest BCUT2D eigenvalue weighted by molar-refractivity contribution is -0.142. The van der Waals surface area contributed by atoms with Gasteiger partial charge in [0.15, 0.2) is 0 Å². The molecule has 2 aliphatic rings. The van der Waals surface area contributed by atoms with Crippen molar-refractivity contribution in [1.82, 2.24) is 25.5 Å². The highest BCUT2D eigenvalue weighted by molar-refractivity contribution is 5.99. The van der Waals surface area contributed by atoms with Gasteiger partial charge in [-0.3, -0.25) is 19.2 Å². The van der Waals surface area contributed by atoms with Crippen molar-refractivity contribution in [2.45, 2.75) is 43.8 Å². The first-order chi connectivity index (χ1) is 12.0. The fourth-order valence-corrected chi connectivity index (χ4v) is 3.13. The number of rotatable bonds is 6. The molecule has 0 spiro atoms. The van der Waals surface area contributed by atoms with Crippen molar-refractivity contribution < 1.29 is 19.2 Å². The number of nitrogens with one attached hydrogen (secondary N) is 3. The summed E-state index contributed by atoms with van der Waals surface area (Å²) < 4.78 is 0. The molecule has 0 saturated carbocycles. The Morgan fingerprint density at radius 2 is 2.20 bits per heavy atom. The van der Waals surface area contributed by atoms with Gasteiger partial charge in [0.05, 0.1) is 12.7 Å². The van der Waals surface area contributed by atoms with E-state index >= 15 is 0 Å². The molecule has 0 radical (unpaired) electrons. The van der Waals surface area contributed by atoms with Crippen molar-refractivity contribution in [2.75, 3.05) is 6.54 Å². The summed E-state index contributed by atoms with van der Waals surface area (Å²) >= 11 is 0. The third-order valence-electron chi connectivity index (χ3n) is 4.50. The zero-order valence-corrected chi connectivity index (χ0v) is 13.5. The molecule has 2 saturated heterocycles. The highest BCUT2D eigenvalue weighted by Crippen LogP contribution is 2.19. The maximum atomic E-state index is 12.9. The first-order valence-electron chi connectivity index (χ1n) is 8.12. The maximum Gasteiger partial charge on any atom is 0.246 e. The van der Waals surface area contributed by atoms with E-state index < -0.39 is 29.9 Å². The number of H-pyrrole nitrogens is 1. The van der Waals surface area contributed by atoms with Crippen LogP contribution in [0.4, 0.5) is 0 Å². The number of nitrogens with two attached hydrogens (primary N) is 1. The van der Waals surface area contributed by atoms with Gasteiger partial charge in [0.2, 0.25) is 23.6 Å². The Morgan fingerprint density at radius 3 is 2.80 bits per heavy atom. The lowest BCUT2D eigenvalue weighted by Gasteiger charge is -2.31. The van der Waals surface area contributed by atoms with Crippen LogP contribution in [0.25, 0.3) is 0 Å². The quantitative estimate of drug-likeness (QED) is 0.430. The Bertz CT molecular complexity index is 680. The number of carbonyl (C=O) groups is 4. The molecule has 1 aromatic heterocycles. The summed E-state index contributed by atoms with van der Waals surface area (Å²) in [4.78, 5) is 55.9. The second-order valence-corrected chi connectivity index (χ2v) is 6.26. The van der Waals surface area contributed by atoms with E-state index in [1.54, 1.807) is 6.20 Å². The Kier molecular flexibility index (Phi) is 4.68. The Hall–Kier alpha value is -2.91. The number of hydrogen-bond donors (Lipinski definition) is 4. The molecule has 1 aromatic rings. The van der Waals surface area contributed by atoms with Crippen LogP contribution in [-0.2, 0) is 25.6 Å². The topological polar surface area (TPSA) is 150 Å². The molecule has 0 unspecified atom stereocenters. The summed E-state index contributed by atoms with van der Waals surface area (Å²) in [6.45, 7) is 0.419. The van der Waals surface area contributed by atoms with E-state index in [9.17, 15) is 19.2 Å². The summed E-state index contributed by atoms with van der Waals surface area (Å²) in [7, 11) is 0. The fourth-order valence-electron chi connectivity index (χ4n) is 3.13. The number of aromatic nitrogens is 2. The molecule has 10 heteroatoms. The molecule has 134 valence electrons. The van der Waals surface area contributed by atoms with E-state index in [0.717, 1.165) is 0 Å². The van der Waals surface area contributed by atoms with Crippen LogP contribution in [0, 0.1) is 0 Å². The number of likely N-dealkylation sites (tertiary alicyclic amines) is 1. The molecule has 3 atom stereocenters. The van der Waals surface area contributed by atoms with E-state index in [2.05, 4.69) is 20.6 Å². The molecule has 4 amide bonds. The maximum absolute atomic E-state index is 12.9. The molecule has 0 aliphatic carbocycles. The number of carbonyl (C=O) groups excluding carboxylic acids is 4. The average molecular weight is 348 g/mol. The van der Waals surface area contributed by atoms with Crippen LogP contribution in [0.2, 0.25) is 0 Å². The molecule has 0 bridgehead atoms. The molecule has 25 heavy (non-hydrogen) atoms. The SMILES string of the molecule is NC(=O)[C@@H]1CCCN1C(=O)[C@H](Cc1cnc[nH]1)NC(=O)[C@H]1CC(=O)N1. The number of β-lactam (4-membered cyclic amide) rings is 1. The van der Waals surface area contributed by atoms with Gasteiger partial charge in [0.25, 0.3) is 0 Å². The van der Waals surface area contributed by atoms with Crippen LogP contribution in [-0.4, -0.2) is 63.2 Å². The number of nitrogens with zero attached hydrogens (tertiary/aromatic N) is 2. The van der Waals surface area contributed by atoms with Gasteiger partial charge in [0, 0.05) is 24.9 Å². The molecule has 5 N–H and O–H groups in total. The number of primary amides is 1. The monoisotopic (exact) mass is 348 g/mol. The molecular formula is C15H20N6O4. The van der Waals surface area contributed by atoms with Gasteiger partial charge < -0.3 is 26.3 Å². The van der Waals surface area contributed by atoms with E-state index in [1.807, 2.05) is 0 Å². The van der Waals surface area contributed by atoms with Crippen LogP contribution < -0.4 is 16.4 Å². The Balaban J connectivity index is 1.73. The third-order valence-corrected chi connectivity index (χ3v) is 4.50. The number of imidazole rings is 1. The van der Waals surface area contributed by atoms with E-state index in [4.69, 9.17) is 5.73 Å². The first-order valence-corrected chi connectivity index (χ1v) is 8.12. The molecular weight excluding hydrogens is 328 g/mol. The zero-order valence-electron chi connectivity index (χ0n) is 13.5. The number of aromatic amines is 1. The van der Waals surface area contributed by atoms with Crippen LogP contribution >= 0.6 is 0 Å². The van der Waals surface area contributed by atoms with Gasteiger partial charge in [-0.05, 0) is 12.8 Å². The van der Waals surface area contributed by atoms with Crippen molar-refractivity contribution in [3.8, 4) is 0 Å². The highest BCUT2D eigenvalue weighted by Gasteiger charge is 2.39. The number of hydrogen-bond acceptors (Lipinski definition) is 5. The molecule has 0 aromatic carbocycles. The summed E-state index contributed by atoms with van der Waals surface area (Å²) in [5.74, 6) is -1.55. The van der Waals surface area contributed by atoms with E-state index in [1.165, 1.54) is 11.2 Å². The predicted molar refractivity (Wildman–Crippen MR) is 84.7 cm³/mol. The van der Waals surface area contributed by atoms with Crippen molar-refractivity contribution in [3.63, 3.8) is 0 Å². The lowest BCUT2D eigenvalue weighted by Crippen LogP contribution is -2.61. The predicted octanol–water partition coefficient (Wildman–Crippen LogP) is -2.20. The molecule has 3 rings (SSSR count). The number of amides is 4. The summed E-state index contributed by atoms with van der Waals surface area (Å²) in [5.41, 5.74) is 6.05. The first kappa shape index (κ1) is 16.9. The molecule has 3 heterocycles. The van der Waals surface area contributed by atoms with Crippen molar-refractivity contribution in [2.24, 2.45) is 5.73 Å². The van der Waals surface area contributed by atoms with Gasteiger partial charge in [-0.25, -0.2) is 4.98 Å². The smallest absolute Gasteiger partial charge is 0.246 e. The fraction of sp³-hybridized carbons (Fsp3) is 0.533. The van der Waals surface area contributed by atoms with Crippen molar-refractivity contribution in [1.29, 1.82) is 0 Å². The Labute approximate surface area is 143 Å². The second-order valence-electron chi connectivity index (χ2n) is 6.26. The van der Waals surface area contributed by atoms with E-state index in [-0.39, 0.29) is 24.7 Å². The lowest BCUT2D eigenvalue weighted by atomic mass is 10.0. The van der Waals surface area contributed by atoms with Crippen LogP contribution in [0.5, 0.6) is 0 Å². The van der Waals surface area contributed by atoms with Gasteiger partial charge in [-0.1, -0.05) is 0 Å². The summed E-state index contributed by atoms with van der Waals surface area (Å²) in [6, 6.07) is -2.16. The zero-order chi connectivity index (χ0) is 18.0. The summed E-state index contributed by atoms with van der Waals surface area (Å²) in [6.07, 6.45) is 4.55. The summed E-state index contributed by atoms with van der Waals surface area (Å²) in [5, 5.41) is 5.14. The highest BCUT2D eigenvalue weighted by atomic mass is 16.2. The van der Waals surface area contributed by atoms with Gasteiger partial charge >= 0.3 is 0 Å². The van der Waals surface area contributed by atoms with Crippen molar-refractivity contribution >= 4 is 23.6 Å². The van der Waals surface area contributed by atoms with Crippen molar-refractivity contribution in [3.05, 3.63) is 18.2 Å².